The Kier molecular flexibility index (Phi) is 9.19. The summed E-state index contributed by atoms with van der Waals surface area (Å²) in [6.45, 7) is 13.7. The monoisotopic (exact) mass is 576 g/mol. The second kappa shape index (κ2) is 11.9. The Bertz CT molecular complexity index is 978. The largest absolute Gasteiger partial charge is 0.394 e. The number of hydrogen-bond donors (Lipinski definition) is 4. The molecule has 4 fully saturated rings. The molecule has 14 atom stereocenters. The molecule has 5 aliphatic rings. The molecule has 0 aromatic heterocycles. The van der Waals surface area contributed by atoms with Crippen molar-refractivity contribution < 1.29 is 34.7 Å². The molecule has 7 nitrogen and oxygen atoms in total. The Morgan fingerprint density at radius 1 is 1.02 bits per heavy atom. The maximum atomic E-state index is 14.2. The van der Waals surface area contributed by atoms with E-state index >= 15 is 0 Å². The number of ketones is 1. The Morgan fingerprint density at radius 3 is 2.44 bits per heavy atom. The molecule has 7 heteroatoms. The summed E-state index contributed by atoms with van der Waals surface area (Å²) in [5, 5.41) is 40.3. The smallest absolute Gasteiger partial charge is 0.186 e. The molecule has 1 heterocycles. The van der Waals surface area contributed by atoms with Crippen molar-refractivity contribution in [2.45, 2.75) is 136 Å². The molecule has 4 aliphatic carbocycles. The van der Waals surface area contributed by atoms with Gasteiger partial charge in [0.1, 0.15) is 30.2 Å². The van der Waals surface area contributed by atoms with Crippen molar-refractivity contribution in [1.29, 1.82) is 0 Å². The average Bonchev–Trinajstić information content (AvgIpc) is 3.28. The van der Waals surface area contributed by atoms with Crippen LogP contribution < -0.4 is 0 Å². The highest BCUT2D eigenvalue weighted by atomic mass is 16.7. The zero-order valence-electron chi connectivity index (χ0n) is 26.2. The van der Waals surface area contributed by atoms with Gasteiger partial charge in [0.15, 0.2) is 6.29 Å². The number of rotatable bonds is 8. The van der Waals surface area contributed by atoms with Crippen LogP contribution in [0.5, 0.6) is 0 Å². The summed E-state index contributed by atoms with van der Waals surface area (Å²) in [5.41, 5.74) is 1.21. The van der Waals surface area contributed by atoms with Crippen LogP contribution in [-0.4, -0.2) is 69.6 Å². The second-order valence-electron chi connectivity index (χ2n) is 15.4. The minimum Gasteiger partial charge on any atom is -0.394 e. The third-order valence-corrected chi connectivity index (χ3v) is 12.9. The molecule has 4 N–H and O–H groups in total. The molecule has 234 valence electrons. The van der Waals surface area contributed by atoms with E-state index in [1.807, 2.05) is 0 Å². The highest BCUT2D eigenvalue weighted by Gasteiger charge is 2.62. The minimum absolute atomic E-state index is 0.0591. The highest BCUT2D eigenvalue weighted by molar-refractivity contribution is 5.85. The lowest BCUT2D eigenvalue weighted by Crippen LogP contribution is -2.60. The van der Waals surface area contributed by atoms with Crippen LogP contribution in [0.1, 0.15) is 99.3 Å². The van der Waals surface area contributed by atoms with Crippen LogP contribution in [0.25, 0.3) is 0 Å². The molecule has 1 saturated heterocycles. The zero-order chi connectivity index (χ0) is 29.9. The summed E-state index contributed by atoms with van der Waals surface area (Å²) < 4.78 is 11.8. The van der Waals surface area contributed by atoms with Gasteiger partial charge in [0.2, 0.25) is 0 Å². The van der Waals surface area contributed by atoms with Crippen molar-refractivity contribution in [2.24, 2.45) is 52.3 Å². The standard InChI is InChI=1S/C34H56O7/c1-18(2)19(3)7-8-20(4)24-11-12-25-23-10-9-21-15-22(40-32-31(39)30(38)29(37)27(17-35)41-32)13-14-33(21,5)28(23)26(36)16-34(24,25)6/h9,18-20,22-25,27-32,35,37-39H,7-8,10-17H2,1-6H3/t19-,20+,22-,23-,24+,25-,27+,28+,29+,30-,31+,32-,33-,34+/m0/s1. The molecule has 1 aliphatic heterocycles. The lowest BCUT2D eigenvalue weighted by molar-refractivity contribution is -0.313. The number of fused-ring (bicyclic) bond motifs is 5. The molecule has 0 radical (unpaired) electrons. The van der Waals surface area contributed by atoms with Crippen LogP contribution in [0.15, 0.2) is 11.6 Å². The lowest BCUT2D eigenvalue weighted by Gasteiger charge is -2.57. The van der Waals surface area contributed by atoms with Gasteiger partial charge in [0.25, 0.3) is 0 Å². The number of aliphatic hydroxyl groups excluding tert-OH is 4. The summed E-state index contributed by atoms with van der Waals surface area (Å²) in [6.07, 6.45) is 4.74. The van der Waals surface area contributed by atoms with Crippen molar-refractivity contribution in [3.63, 3.8) is 0 Å². The van der Waals surface area contributed by atoms with Crippen LogP contribution in [0, 0.1) is 52.3 Å². The first-order chi connectivity index (χ1) is 19.3. The molecule has 5 rings (SSSR count). The van der Waals surface area contributed by atoms with Gasteiger partial charge in [-0.05, 0) is 84.9 Å². The number of carbonyl (C=O) groups is 1. The quantitative estimate of drug-likeness (QED) is 0.311. The van der Waals surface area contributed by atoms with Gasteiger partial charge in [-0.1, -0.05) is 66.0 Å². The summed E-state index contributed by atoms with van der Waals surface area (Å²) >= 11 is 0. The fourth-order valence-corrected chi connectivity index (χ4v) is 9.98. The van der Waals surface area contributed by atoms with Crippen molar-refractivity contribution >= 4 is 5.78 Å². The first kappa shape index (κ1) is 31.6. The van der Waals surface area contributed by atoms with Crippen molar-refractivity contribution in [3.05, 3.63) is 11.6 Å². The predicted molar refractivity (Wildman–Crippen MR) is 157 cm³/mol. The molecule has 0 aromatic carbocycles. The van der Waals surface area contributed by atoms with Crippen molar-refractivity contribution in [3.8, 4) is 0 Å². The van der Waals surface area contributed by atoms with Crippen LogP contribution in [-0.2, 0) is 14.3 Å². The second-order valence-corrected chi connectivity index (χ2v) is 15.4. The third kappa shape index (κ3) is 5.50. The summed E-state index contributed by atoms with van der Waals surface area (Å²) in [7, 11) is 0. The van der Waals surface area contributed by atoms with E-state index in [1.165, 1.54) is 31.3 Å². The Balaban J connectivity index is 1.28. The maximum absolute atomic E-state index is 14.2. The van der Waals surface area contributed by atoms with Gasteiger partial charge in [-0.2, -0.15) is 0 Å². The SMILES string of the molecule is CC(C)[C@@H](C)CC[C@@H](C)[C@H]1CC[C@H]2[C@@H]3CC=C4C[C@@H](O[C@H]5O[C@H](CO)[C@@H](O)[C@H](O)[C@H]5O)CC[C@]4(C)[C@H]3C(=O)C[C@]12C. The Morgan fingerprint density at radius 2 is 1.76 bits per heavy atom. The molecule has 0 aromatic rings. The summed E-state index contributed by atoms with van der Waals surface area (Å²) in [5.74, 6) is 4.25. The van der Waals surface area contributed by atoms with E-state index in [0.717, 1.165) is 25.2 Å². The number of aliphatic hydroxyl groups is 4. The Labute approximate surface area is 247 Å². The van der Waals surface area contributed by atoms with Gasteiger partial charge in [-0.25, -0.2) is 0 Å². The third-order valence-electron chi connectivity index (χ3n) is 12.9. The number of carbonyl (C=O) groups excluding carboxylic acids is 1. The van der Waals surface area contributed by atoms with Crippen LogP contribution >= 0.6 is 0 Å². The topological polar surface area (TPSA) is 116 Å². The number of allylic oxidation sites excluding steroid dienone is 1. The van der Waals surface area contributed by atoms with Gasteiger partial charge >= 0.3 is 0 Å². The van der Waals surface area contributed by atoms with Gasteiger partial charge < -0.3 is 29.9 Å². The minimum atomic E-state index is -1.44. The van der Waals surface area contributed by atoms with E-state index in [9.17, 15) is 25.2 Å². The summed E-state index contributed by atoms with van der Waals surface area (Å²) in [6, 6.07) is 0. The molecule has 3 saturated carbocycles. The van der Waals surface area contributed by atoms with Crippen molar-refractivity contribution in [2.75, 3.05) is 6.61 Å². The van der Waals surface area contributed by atoms with Crippen LogP contribution in [0.3, 0.4) is 0 Å². The van der Waals surface area contributed by atoms with Gasteiger partial charge in [0.05, 0.1) is 12.7 Å². The van der Waals surface area contributed by atoms with E-state index in [0.29, 0.717) is 48.2 Å². The van der Waals surface area contributed by atoms with E-state index < -0.39 is 37.3 Å². The highest BCUT2D eigenvalue weighted by Crippen LogP contribution is 2.66. The molecule has 0 amide bonds. The van der Waals surface area contributed by atoms with E-state index in [-0.39, 0.29) is 22.9 Å². The van der Waals surface area contributed by atoms with E-state index in [2.05, 4.69) is 47.6 Å². The van der Waals surface area contributed by atoms with Crippen LogP contribution in [0.4, 0.5) is 0 Å². The molecule has 0 bridgehead atoms. The lowest BCUT2D eigenvalue weighted by atomic mass is 9.46. The summed E-state index contributed by atoms with van der Waals surface area (Å²) in [4.78, 5) is 14.2. The average molecular weight is 577 g/mol. The first-order valence-corrected chi connectivity index (χ1v) is 16.5. The number of ether oxygens (including phenoxy) is 2. The van der Waals surface area contributed by atoms with Gasteiger partial charge in [0, 0.05) is 12.3 Å². The molecule has 41 heavy (non-hydrogen) atoms. The van der Waals surface area contributed by atoms with E-state index in [1.54, 1.807) is 0 Å². The molecular formula is C34H56O7. The fraction of sp³-hybridized carbons (Fsp3) is 0.912. The number of Topliss-reactive ketones (excluding diaryl/α,β-unsaturated/α-hetero) is 1. The molecule has 0 unspecified atom stereocenters. The van der Waals surface area contributed by atoms with Gasteiger partial charge in [-0.3, -0.25) is 4.79 Å². The molecule has 0 spiro atoms. The maximum Gasteiger partial charge on any atom is 0.186 e. The normalized spacial score (nSPS) is 47.8. The van der Waals surface area contributed by atoms with Gasteiger partial charge in [-0.15, -0.1) is 0 Å². The van der Waals surface area contributed by atoms with Crippen LogP contribution in [0.2, 0.25) is 0 Å². The number of hydrogen-bond acceptors (Lipinski definition) is 7. The first-order valence-electron chi connectivity index (χ1n) is 16.5. The Hall–Kier alpha value is -0.830. The fourth-order valence-electron chi connectivity index (χ4n) is 9.98. The predicted octanol–water partition coefficient (Wildman–Crippen LogP) is 4.64. The molecular weight excluding hydrogens is 520 g/mol. The zero-order valence-corrected chi connectivity index (χ0v) is 26.2. The van der Waals surface area contributed by atoms with E-state index in [4.69, 9.17) is 9.47 Å². The van der Waals surface area contributed by atoms with Crippen molar-refractivity contribution in [1.82, 2.24) is 0 Å².